The largest absolute Gasteiger partial charge is 0.387 e. The number of rotatable bonds is 4. The van der Waals surface area contributed by atoms with Gasteiger partial charge in [0.1, 0.15) is 18.3 Å². The molecule has 0 amide bonds. The summed E-state index contributed by atoms with van der Waals surface area (Å²) in [6, 6.07) is 9.89. The number of hydrogen-bond acceptors (Lipinski definition) is 5. The molecule has 1 N–H and O–H groups in total. The molecular formula is C15H20O5. The fourth-order valence-electron chi connectivity index (χ4n) is 2.56. The summed E-state index contributed by atoms with van der Waals surface area (Å²) in [4.78, 5) is 0. The summed E-state index contributed by atoms with van der Waals surface area (Å²) < 4.78 is 22.4. The molecule has 20 heavy (non-hydrogen) atoms. The Morgan fingerprint density at radius 3 is 2.65 bits per heavy atom. The summed E-state index contributed by atoms with van der Waals surface area (Å²) in [5, 5.41) is 10.2. The molecule has 4 atom stereocenters. The maximum atomic E-state index is 10.2. The Hall–Kier alpha value is -0.980. The molecule has 2 unspecified atom stereocenters. The van der Waals surface area contributed by atoms with Gasteiger partial charge < -0.3 is 24.1 Å². The standard InChI is InChI=1S/C15H20O5/c1-15(2)19-13-12(16)11(18-14(13)20-15)9-17-8-10-6-4-3-5-7-10/h3-7,11-14,16H,8-9H2,1-2H3/t11-,12?,13?,14-/m1/s1. The van der Waals surface area contributed by atoms with E-state index in [0.717, 1.165) is 5.56 Å². The quantitative estimate of drug-likeness (QED) is 0.904. The van der Waals surface area contributed by atoms with Crippen LogP contribution in [-0.2, 0) is 25.6 Å². The highest BCUT2D eigenvalue weighted by atomic mass is 16.8. The minimum Gasteiger partial charge on any atom is -0.387 e. The molecule has 2 heterocycles. The van der Waals surface area contributed by atoms with Crippen LogP contribution in [0.4, 0.5) is 0 Å². The first kappa shape index (κ1) is 14.0. The summed E-state index contributed by atoms with van der Waals surface area (Å²) >= 11 is 0. The van der Waals surface area contributed by atoms with E-state index in [1.54, 1.807) is 0 Å². The van der Waals surface area contributed by atoms with Crippen molar-refractivity contribution in [2.24, 2.45) is 0 Å². The van der Waals surface area contributed by atoms with Gasteiger partial charge in [-0.1, -0.05) is 30.3 Å². The molecule has 3 rings (SSSR count). The summed E-state index contributed by atoms with van der Waals surface area (Å²) in [6.45, 7) is 4.43. The van der Waals surface area contributed by atoms with Crippen molar-refractivity contribution in [3.05, 3.63) is 35.9 Å². The molecule has 1 aromatic rings. The topological polar surface area (TPSA) is 57.2 Å². The average Bonchev–Trinajstić information content (AvgIpc) is 2.86. The van der Waals surface area contributed by atoms with Crippen LogP contribution in [0, 0.1) is 0 Å². The Morgan fingerprint density at radius 2 is 1.95 bits per heavy atom. The molecule has 110 valence electrons. The number of hydrogen-bond donors (Lipinski definition) is 1. The van der Waals surface area contributed by atoms with Gasteiger partial charge in [0, 0.05) is 0 Å². The highest BCUT2D eigenvalue weighted by Gasteiger charge is 2.54. The van der Waals surface area contributed by atoms with E-state index in [4.69, 9.17) is 18.9 Å². The van der Waals surface area contributed by atoms with Crippen molar-refractivity contribution in [2.75, 3.05) is 6.61 Å². The molecule has 0 aromatic heterocycles. The van der Waals surface area contributed by atoms with Crippen molar-refractivity contribution in [1.82, 2.24) is 0 Å². The van der Waals surface area contributed by atoms with Gasteiger partial charge in [-0.25, -0.2) is 0 Å². The third-order valence-electron chi connectivity index (χ3n) is 3.51. The van der Waals surface area contributed by atoms with Crippen LogP contribution in [-0.4, -0.2) is 42.1 Å². The van der Waals surface area contributed by atoms with Crippen LogP contribution < -0.4 is 0 Å². The maximum absolute atomic E-state index is 10.2. The molecular weight excluding hydrogens is 260 g/mol. The van der Waals surface area contributed by atoms with Gasteiger partial charge >= 0.3 is 0 Å². The molecule has 2 fully saturated rings. The first-order valence-electron chi connectivity index (χ1n) is 6.86. The lowest BCUT2D eigenvalue weighted by Gasteiger charge is -2.22. The third kappa shape index (κ3) is 2.87. The van der Waals surface area contributed by atoms with E-state index in [0.29, 0.717) is 13.2 Å². The lowest BCUT2D eigenvalue weighted by molar-refractivity contribution is -0.220. The normalized spacial score (nSPS) is 35.1. The zero-order valence-corrected chi connectivity index (χ0v) is 11.7. The van der Waals surface area contributed by atoms with Crippen LogP contribution in [0.2, 0.25) is 0 Å². The van der Waals surface area contributed by atoms with Gasteiger partial charge in [0.25, 0.3) is 0 Å². The average molecular weight is 280 g/mol. The second kappa shape index (κ2) is 5.42. The number of ether oxygens (including phenoxy) is 4. The zero-order valence-electron chi connectivity index (χ0n) is 11.7. The molecule has 0 aliphatic carbocycles. The maximum Gasteiger partial charge on any atom is 0.190 e. The number of fused-ring (bicyclic) bond motifs is 1. The van der Waals surface area contributed by atoms with Crippen molar-refractivity contribution in [3.8, 4) is 0 Å². The van der Waals surface area contributed by atoms with Crippen LogP contribution >= 0.6 is 0 Å². The second-order valence-corrected chi connectivity index (χ2v) is 5.63. The van der Waals surface area contributed by atoms with Gasteiger partial charge in [-0.15, -0.1) is 0 Å². The molecule has 2 saturated heterocycles. The summed E-state index contributed by atoms with van der Waals surface area (Å²) in [5.41, 5.74) is 1.09. The predicted octanol–water partition coefficient (Wildman–Crippen LogP) is 1.44. The number of benzene rings is 1. The number of aliphatic hydroxyl groups is 1. The van der Waals surface area contributed by atoms with Crippen LogP contribution in [0.5, 0.6) is 0 Å². The van der Waals surface area contributed by atoms with Gasteiger partial charge in [-0.3, -0.25) is 0 Å². The lowest BCUT2D eigenvalue weighted by Crippen LogP contribution is -2.36. The molecule has 5 nitrogen and oxygen atoms in total. The Morgan fingerprint density at radius 1 is 1.20 bits per heavy atom. The summed E-state index contributed by atoms with van der Waals surface area (Å²) in [5.74, 6) is -0.702. The first-order valence-corrected chi connectivity index (χ1v) is 6.86. The summed E-state index contributed by atoms with van der Waals surface area (Å²) in [7, 11) is 0. The molecule has 2 aliphatic rings. The van der Waals surface area contributed by atoms with E-state index < -0.39 is 30.4 Å². The smallest absolute Gasteiger partial charge is 0.190 e. The van der Waals surface area contributed by atoms with Crippen LogP contribution in [0.1, 0.15) is 19.4 Å². The number of aliphatic hydroxyl groups excluding tert-OH is 1. The van der Waals surface area contributed by atoms with E-state index in [1.807, 2.05) is 44.2 Å². The third-order valence-corrected chi connectivity index (χ3v) is 3.51. The van der Waals surface area contributed by atoms with Gasteiger partial charge in [0.05, 0.1) is 13.2 Å². The van der Waals surface area contributed by atoms with Crippen molar-refractivity contribution in [2.45, 2.75) is 50.8 Å². The van der Waals surface area contributed by atoms with E-state index in [-0.39, 0.29) is 0 Å². The van der Waals surface area contributed by atoms with E-state index in [9.17, 15) is 5.11 Å². The minimum atomic E-state index is -0.724. The Bertz CT molecular complexity index is 447. The molecule has 0 saturated carbocycles. The molecule has 0 bridgehead atoms. The molecule has 0 radical (unpaired) electrons. The van der Waals surface area contributed by atoms with Crippen LogP contribution in [0.3, 0.4) is 0 Å². The van der Waals surface area contributed by atoms with Crippen molar-refractivity contribution in [3.63, 3.8) is 0 Å². The van der Waals surface area contributed by atoms with E-state index >= 15 is 0 Å². The fourth-order valence-corrected chi connectivity index (χ4v) is 2.56. The first-order chi connectivity index (χ1) is 9.55. The zero-order chi connectivity index (χ0) is 14.2. The van der Waals surface area contributed by atoms with E-state index in [2.05, 4.69) is 0 Å². The van der Waals surface area contributed by atoms with Gasteiger partial charge in [-0.2, -0.15) is 0 Å². The summed E-state index contributed by atoms with van der Waals surface area (Å²) in [6.07, 6.45) is -2.08. The highest BCUT2D eigenvalue weighted by molar-refractivity contribution is 5.13. The SMILES string of the molecule is CC1(C)OC2C(O)[C@@H](COCc3ccccc3)O[C@@H]2O1. The Labute approximate surface area is 118 Å². The van der Waals surface area contributed by atoms with Crippen LogP contribution in [0.15, 0.2) is 30.3 Å². The molecule has 1 aromatic carbocycles. The van der Waals surface area contributed by atoms with E-state index in [1.165, 1.54) is 0 Å². The lowest BCUT2D eigenvalue weighted by atomic mass is 10.1. The monoisotopic (exact) mass is 280 g/mol. The van der Waals surface area contributed by atoms with Crippen molar-refractivity contribution < 1.29 is 24.1 Å². The minimum absolute atomic E-state index is 0.316. The van der Waals surface area contributed by atoms with Crippen molar-refractivity contribution >= 4 is 0 Å². The van der Waals surface area contributed by atoms with Gasteiger partial charge in [0.2, 0.25) is 0 Å². The molecule has 0 spiro atoms. The predicted molar refractivity (Wildman–Crippen MR) is 70.8 cm³/mol. The molecule has 2 aliphatic heterocycles. The second-order valence-electron chi connectivity index (χ2n) is 5.63. The van der Waals surface area contributed by atoms with Gasteiger partial charge in [-0.05, 0) is 19.4 Å². The fraction of sp³-hybridized carbons (Fsp3) is 0.600. The van der Waals surface area contributed by atoms with Crippen LogP contribution in [0.25, 0.3) is 0 Å². The molecule has 5 heteroatoms. The van der Waals surface area contributed by atoms with Gasteiger partial charge in [0.15, 0.2) is 12.1 Å². The van der Waals surface area contributed by atoms with Crippen molar-refractivity contribution in [1.29, 1.82) is 0 Å². The Kier molecular flexibility index (Phi) is 3.79. The Balaban J connectivity index is 1.49. The highest BCUT2D eigenvalue weighted by Crippen LogP contribution is 2.37.